The second-order valence-corrected chi connectivity index (χ2v) is 21.2. The van der Waals surface area contributed by atoms with Gasteiger partial charge in [0.15, 0.2) is 6.10 Å². The fourth-order valence-corrected chi connectivity index (χ4v) is 9.12. The third-order valence-corrected chi connectivity index (χ3v) is 13.9. The fraction of sp³-hybridized carbons (Fsp3) is 0.937. The Kier molecular flexibility index (Phi) is 62.1. The Morgan fingerprint density at radius 3 is 0.704 bits per heavy atom. The Hall–Kier alpha value is -2.12. The molecule has 0 fully saturated rings. The monoisotopic (exact) mass is 1010 g/mol. The fourth-order valence-electron chi connectivity index (χ4n) is 9.12. The predicted octanol–water partition coefficient (Wildman–Crippen LogP) is 20.1. The van der Waals surface area contributed by atoms with Crippen LogP contribution >= 0.6 is 0 Å². The van der Waals surface area contributed by atoms with Crippen LogP contribution in [0, 0.1) is 0 Å². The van der Waals surface area contributed by atoms with E-state index < -0.39 is 6.10 Å². The number of carbonyl (C=O) groups is 4. The van der Waals surface area contributed by atoms with Crippen LogP contribution in [0.3, 0.4) is 0 Å². The summed E-state index contributed by atoms with van der Waals surface area (Å²) in [6.07, 6.45) is 59.4. The Labute approximate surface area is 441 Å². The summed E-state index contributed by atoms with van der Waals surface area (Å²) in [7, 11) is 0. The zero-order valence-electron chi connectivity index (χ0n) is 48.3. The minimum atomic E-state index is -0.760. The van der Waals surface area contributed by atoms with Crippen LogP contribution in [0.4, 0.5) is 0 Å². The molecule has 0 saturated heterocycles. The van der Waals surface area contributed by atoms with Gasteiger partial charge in [0.05, 0.1) is 6.61 Å². The van der Waals surface area contributed by atoms with E-state index in [0.717, 1.165) is 64.2 Å². The van der Waals surface area contributed by atoms with Gasteiger partial charge in [-0.3, -0.25) is 19.2 Å². The third kappa shape index (κ3) is 62.1. The third-order valence-electron chi connectivity index (χ3n) is 13.9. The maximum atomic E-state index is 12.8. The molecule has 0 bridgehead atoms. The molecule has 0 rings (SSSR count). The molecule has 8 nitrogen and oxygen atoms in total. The van der Waals surface area contributed by atoms with Crippen molar-refractivity contribution in [2.45, 2.75) is 362 Å². The second kappa shape index (κ2) is 62.2. The smallest absolute Gasteiger partial charge is 0.306 e. The normalized spacial score (nSPS) is 11.1. The first-order valence-corrected chi connectivity index (χ1v) is 31.5. The summed E-state index contributed by atoms with van der Waals surface area (Å²) in [5, 5.41) is 0. The summed E-state index contributed by atoms with van der Waals surface area (Å²) in [5.74, 6) is -0.937. The molecule has 422 valence electrons. The van der Waals surface area contributed by atoms with Crippen LogP contribution in [-0.4, -0.2) is 49.8 Å². The van der Waals surface area contributed by atoms with Crippen molar-refractivity contribution in [1.29, 1.82) is 0 Å². The summed E-state index contributed by atoms with van der Waals surface area (Å²) < 4.78 is 21.6. The SMILES string of the molecule is CCCCCCCCCCCCCCCCCC(=O)OCC(COC(=O)CCCCCCCCCCCCCCCCC)OC(=O)CCCCCCCCCCCCCCCCC.CCCOC(=O)CC. The van der Waals surface area contributed by atoms with Crippen molar-refractivity contribution >= 4 is 23.9 Å². The lowest BCUT2D eigenvalue weighted by molar-refractivity contribution is -0.167. The highest BCUT2D eigenvalue weighted by Crippen LogP contribution is 2.18. The maximum Gasteiger partial charge on any atom is 0.306 e. The molecule has 0 aromatic heterocycles. The van der Waals surface area contributed by atoms with Crippen molar-refractivity contribution in [3.8, 4) is 0 Å². The van der Waals surface area contributed by atoms with E-state index in [1.54, 1.807) is 6.92 Å². The lowest BCUT2D eigenvalue weighted by Gasteiger charge is -2.18. The quantitative estimate of drug-likeness (QED) is 0.0337. The van der Waals surface area contributed by atoms with Crippen LogP contribution in [0.2, 0.25) is 0 Å². The van der Waals surface area contributed by atoms with Crippen LogP contribution in [0.1, 0.15) is 356 Å². The van der Waals surface area contributed by atoms with Gasteiger partial charge in [-0.2, -0.15) is 0 Å². The molecule has 71 heavy (non-hydrogen) atoms. The number of carbonyl (C=O) groups excluding carboxylic acids is 4. The molecule has 0 amide bonds. The number of esters is 4. The molecule has 8 heteroatoms. The van der Waals surface area contributed by atoms with Crippen molar-refractivity contribution in [3.05, 3.63) is 0 Å². The molecule has 0 heterocycles. The van der Waals surface area contributed by atoms with E-state index in [9.17, 15) is 19.2 Å². The van der Waals surface area contributed by atoms with Crippen molar-refractivity contribution in [2.24, 2.45) is 0 Å². The van der Waals surface area contributed by atoms with Crippen LogP contribution in [0.15, 0.2) is 0 Å². The van der Waals surface area contributed by atoms with Gasteiger partial charge >= 0.3 is 23.9 Å². The molecule has 0 spiro atoms. The molecule has 0 aromatic rings. The molecule has 0 aliphatic carbocycles. The van der Waals surface area contributed by atoms with E-state index in [1.165, 1.54) is 231 Å². The lowest BCUT2D eigenvalue weighted by Crippen LogP contribution is -2.30. The average Bonchev–Trinajstić information content (AvgIpc) is 3.37. The molecule has 0 unspecified atom stereocenters. The first-order chi connectivity index (χ1) is 34.8. The highest BCUT2D eigenvalue weighted by atomic mass is 16.6. The van der Waals surface area contributed by atoms with E-state index >= 15 is 0 Å². The number of ether oxygens (including phenoxy) is 4. The molecule has 0 aliphatic rings. The van der Waals surface area contributed by atoms with E-state index in [4.69, 9.17) is 18.9 Å². The van der Waals surface area contributed by atoms with Gasteiger partial charge in [0.2, 0.25) is 0 Å². The second-order valence-electron chi connectivity index (χ2n) is 21.2. The number of hydrogen-bond acceptors (Lipinski definition) is 8. The largest absolute Gasteiger partial charge is 0.466 e. The van der Waals surface area contributed by atoms with E-state index in [2.05, 4.69) is 20.8 Å². The molecular formula is C63H122O8. The van der Waals surface area contributed by atoms with Gasteiger partial charge in [-0.15, -0.1) is 0 Å². The number of rotatable bonds is 56. The van der Waals surface area contributed by atoms with Crippen molar-refractivity contribution in [2.75, 3.05) is 19.8 Å². The van der Waals surface area contributed by atoms with Gasteiger partial charge in [-0.05, 0) is 25.7 Å². The Morgan fingerprint density at radius 2 is 0.479 bits per heavy atom. The van der Waals surface area contributed by atoms with Crippen LogP contribution in [0.5, 0.6) is 0 Å². The topological polar surface area (TPSA) is 105 Å². The van der Waals surface area contributed by atoms with Gasteiger partial charge in [-0.1, -0.05) is 304 Å². The van der Waals surface area contributed by atoms with Crippen molar-refractivity contribution in [3.63, 3.8) is 0 Å². The zero-order valence-corrected chi connectivity index (χ0v) is 48.3. The molecule has 0 atom stereocenters. The summed E-state index contributed by atoms with van der Waals surface area (Å²) in [6.45, 7) is 11.0. The molecule has 0 radical (unpaired) electrons. The predicted molar refractivity (Wildman–Crippen MR) is 302 cm³/mol. The number of unbranched alkanes of at least 4 members (excludes halogenated alkanes) is 42. The van der Waals surface area contributed by atoms with Gasteiger partial charge in [0.1, 0.15) is 13.2 Å². The minimum Gasteiger partial charge on any atom is -0.466 e. The van der Waals surface area contributed by atoms with Gasteiger partial charge in [-0.25, -0.2) is 0 Å². The minimum absolute atomic E-state index is 0.0611. The van der Waals surface area contributed by atoms with E-state index in [-0.39, 0.29) is 37.1 Å². The van der Waals surface area contributed by atoms with Gasteiger partial charge in [0, 0.05) is 25.7 Å². The van der Waals surface area contributed by atoms with Gasteiger partial charge < -0.3 is 18.9 Å². The lowest BCUT2D eigenvalue weighted by atomic mass is 10.0. The molecule has 0 N–H and O–H groups in total. The maximum absolute atomic E-state index is 12.8. The summed E-state index contributed by atoms with van der Waals surface area (Å²) >= 11 is 0. The highest BCUT2D eigenvalue weighted by molar-refractivity contribution is 5.71. The standard InChI is InChI=1S/C57H110O6.C6H12O2/c1-4-7-10-13-16-19-22-25-28-31-34-37-40-43-46-49-55(58)61-52-54(63-57(60)51-48-45-42-39-36-33-30-27-24-21-18-15-12-9-6-3)53-62-56(59)50-47-44-41-38-35-32-29-26-23-20-17-14-11-8-5-2;1-3-5-8-6(7)4-2/h54H,4-53H2,1-3H3;3-5H2,1-2H3. The summed E-state index contributed by atoms with van der Waals surface area (Å²) in [5.41, 5.74) is 0. The Balaban J connectivity index is 0. The molecule has 0 saturated carbocycles. The zero-order chi connectivity index (χ0) is 52.2. The Bertz CT molecular complexity index is 1040. The van der Waals surface area contributed by atoms with Crippen LogP contribution < -0.4 is 0 Å². The summed E-state index contributed by atoms with van der Waals surface area (Å²) in [6, 6.07) is 0. The number of hydrogen-bond donors (Lipinski definition) is 0. The van der Waals surface area contributed by atoms with Crippen LogP contribution in [0.25, 0.3) is 0 Å². The van der Waals surface area contributed by atoms with E-state index in [1.807, 2.05) is 6.92 Å². The van der Waals surface area contributed by atoms with E-state index in [0.29, 0.717) is 32.3 Å². The average molecular weight is 1010 g/mol. The van der Waals surface area contributed by atoms with Crippen molar-refractivity contribution in [1.82, 2.24) is 0 Å². The first-order valence-electron chi connectivity index (χ1n) is 31.5. The molecule has 0 aliphatic heterocycles. The highest BCUT2D eigenvalue weighted by Gasteiger charge is 2.19. The van der Waals surface area contributed by atoms with Crippen LogP contribution in [-0.2, 0) is 38.1 Å². The Morgan fingerprint density at radius 1 is 0.254 bits per heavy atom. The van der Waals surface area contributed by atoms with Gasteiger partial charge in [0.25, 0.3) is 0 Å². The molecular weight excluding hydrogens is 885 g/mol. The molecule has 0 aromatic carbocycles. The first kappa shape index (κ1) is 71.0. The van der Waals surface area contributed by atoms with Crippen molar-refractivity contribution < 1.29 is 38.1 Å². The summed E-state index contributed by atoms with van der Waals surface area (Å²) in [4.78, 5) is 48.4.